The minimum absolute atomic E-state index is 0.0230. The molecule has 1 aliphatic heterocycles. The van der Waals surface area contributed by atoms with Crippen molar-refractivity contribution < 1.29 is 4.79 Å². The van der Waals surface area contributed by atoms with Crippen LogP contribution >= 0.6 is 0 Å². The normalized spacial score (nSPS) is 15.1. The predicted octanol–water partition coefficient (Wildman–Crippen LogP) is 4.74. The van der Waals surface area contributed by atoms with Crippen molar-refractivity contribution in [2.45, 2.75) is 38.1 Å². The minimum atomic E-state index is 0.0230. The number of carbonyl (C=O) groups is 1. The van der Waals surface area contributed by atoms with Gasteiger partial charge < -0.3 is 20.2 Å². The number of aromatic nitrogens is 2. The summed E-state index contributed by atoms with van der Waals surface area (Å²) in [7, 11) is 0. The Bertz CT molecular complexity index is 1300. The number of hydrogen-bond acceptors (Lipinski definition) is 3. The van der Waals surface area contributed by atoms with Crippen molar-refractivity contribution in [2.75, 3.05) is 19.6 Å². The van der Waals surface area contributed by atoms with Crippen LogP contribution in [0.2, 0.25) is 0 Å². The summed E-state index contributed by atoms with van der Waals surface area (Å²) >= 11 is 0. The SMILES string of the molecule is N#Cc1ccc2[nH]cc(CCCCN3CCC(NC(=O)c4ccc5[nH]ccc5c4)CC3)c2c1. The van der Waals surface area contributed by atoms with Gasteiger partial charge in [-0.1, -0.05) is 0 Å². The van der Waals surface area contributed by atoms with E-state index in [1.807, 2.05) is 48.7 Å². The number of aryl methyl sites for hydroxylation is 1. The predicted molar refractivity (Wildman–Crippen MR) is 131 cm³/mol. The summed E-state index contributed by atoms with van der Waals surface area (Å²) in [6.07, 6.45) is 9.27. The van der Waals surface area contributed by atoms with Crippen LogP contribution in [0.15, 0.2) is 54.9 Å². The first-order valence-corrected chi connectivity index (χ1v) is 11.8. The zero-order chi connectivity index (χ0) is 22.6. The van der Waals surface area contributed by atoms with Gasteiger partial charge in [0.25, 0.3) is 5.91 Å². The van der Waals surface area contributed by atoms with E-state index in [-0.39, 0.29) is 11.9 Å². The molecule has 2 aromatic heterocycles. The van der Waals surface area contributed by atoms with Gasteiger partial charge >= 0.3 is 0 Å². The molecule has 6 nitrogen and oxygen atoms in total. The maximum Gasteiger partial charge on any atom is 0.251 e. The first kappa shape index (κ1) is 21.3. The fourth-order valence-electron chi connectivity index (χ4n) is 4.87. The minimum Gasteiger partial charge on any atom is -0.361 e. The van der Waals surface area contributed by atoms with Gasteiger partial charge in [0.05, 0.1) is 11.6 Å². The maximum atomic E-state index is 12.7. The number of benzene rings is 2. The van der Waals surface area contributed by atoms with Crippen molar-refractivity contribution in [2.24, 2.45) is 0 Å². The van der Waals surface area contributed by atoms with E-state index in [9.17, 15) is 4.79 Å². The molecule has 4 aromatic rings. The quantitative estimate of drug-likeness (QED) is 0.364. The molecule has 1 amide bonds. The number of rotatable bonds is 7. The van der Waals surface area contributed by atoms with Gasteiger partial charge in [-0.2, -0.15) is 5.26 Å². The van der Waals surface area contributed by atoms with Crippen molar-refractivity contribution in [3.05, 3.63) is 71.5 Å². The second-order valence-corrected chi connectivity index (χ2v) is 9.01. The molecule has 0 atom stereocenters. The Hall–Kier alpha value is -3.56. The Morgan fingerprint density at radius 3 is 2.76 bits per heavy atom. The van der Waals surface area contributed by atoms with E-state index in [0.29, 0.717) is 5.56 Å². The molecule has 1 aliphatic rings. The highest BCUT2D eigenvalue weighted by atomic mass is 16.1. The lowest BCUT2D eigenvalue weighted by Crippen LogP contribution is -2.44. The highest BCUT2D eigenvalue weighted by Gasteiger charge is 2.21. The molecular formula is C27H29N5O. The van der Waals surface area contributed by atoms with Gasteiger partial charge in [-0.15, -0.1) is 0 Å². The molecule has 33 heavy (non-hydrogen) atoms. The number of nitrogens with one attached hydrogen (secondary N) is 3. The van der Waals surface area contributed by atoms with Crippen LogP contribution in [-0.4, -0.2) is 46.5 Å². The number of likely N-dealkylation sites (tertiary alicyclic amines) is 1. The molecule has 0 aliphatic carbocycles. The van der Waals surface area contributed by atoms with Crippen molar-refractivity contribution >= 4 is 27.7 Å². The van der Waals surface area contributed by atoms with E-state index >= 15 is 0 Å². The summed E-state index contributed by atoms with van der Waals surface area (Å²) in [5, 5.41) is 14.6. The van der Waals surface area contributed by atoms with Crippen LogP contribution < -0.4 is 5.32 Å². The summed E-state index contributed by atoms with van der Waals surface area (Å²) in [6, 6.07) is 16.1. The van der Waals surface area contributed by atoms with Crippen LogP contribution in [-0.2, 0) is 6.42 Å². The van der Waals surface area contributed by atoms with Crippen molar-refractivity contribution in [3.8, 4) is 6.07 Å². The average molecular weight is 440 g/mol. The lowest BCUT2D eigenvalue weighted by molar-refractivity contribution is 0.0911. The van der Waals surface area contributed by atoms with E-state index in [4.69, 9.17) is 5.26 Å². The van der Waals surface area contributed by atoms with Crippen LogP contribution in [0, 0.1) is 11.3 Å². The van der Waals surface area contributed by atoms with Crippen LogP contribution in [0.5, 0.6) is 0 Å². The molecule has 1 saturated heterocycles. The van der Waals surface area contributed by atoms with Gasteiger partial charge in [-0.25, -0.2) is 0 Å². The van der Waals surface area contributed by atoms with Crippen molar-refractivity contribution in [1.82, 2.24) is 20.2 Å². The standard InChI is InChI=1S/C27H29N5O/c28-17-19-4-6-26-24(15-19)22(18-30-26)3-1-2-12-32-13-9-23(10-14-32)31-27(33)21-5-7-25-20(16-21)8-11-29-25/h4-8,11,15-16,18,23,29-30H,1-3,9-10,12-14H2,(H,31,33). The molecule has 0 radical (unpaired) electrons. The van der Waals surface area contributed by atoms with Crippen molar-refractivity contribution in [1.29, 1.82) is 5.26 Å². The summed E-state index contributed by atoms with van der Waals surface area (Å²) in [5.41, 5.74) is 4.88. The maximum absolute atomic E-state index is 12.7. The lowest BCUT2D eigenvalue weighted by Gasteiger charge is -2.32. The Morgan fingerprint density at radius 2 is 1.91 bits per heavy atom. The molecule has 5 rings (SSSR count). The van der Waals surface area contributed by atoms with Crippen LogP contribution in [0.1, 0.15) is 47.2 Å². The van der Waals surface area contributed by atoms with E-state index in [2.05, 4.69) is 32.5 Å². The highest BCUT2D eigenvalue weighted by Crippen LogP contribution is 2.22. The zero-order valence-corrected chi connectivity index (χ0v) is 18.7. The van der Waals surface area contributed by atoms with E-state index in [0.717, 1.165) is 73.7 Å². The molecular weight excluding hydrogens is 410 g/mol. The van der Waals surface area contributed by atoms with Crippen LogP contribution in [0.4, 0.5) is 0 Å². The second-order valence-electron chi connectivity index (χ2n) is 9.01. The monoisotopic (exact) mass is 439 g/mol. The largest absolute Gasteiger partial charge is 0.361 e. The molecule has 0 spiro atoms. The van der Waals surface area contributed by atoms with Crippen LogP contribution in [0.25, 0.3) is 21.8 Å². The Morgan fingerprint density at radius 1 is 1.06 bits per heavy atom. The van der Waals surface area contributed by atoms with Crippen LogP contribution in [0.3, 0.4) is 0 Å². The molecule has 0 bridgehead atoms. The van der Waals surface area contributed by atoms with E-state index in [1.165, 1.54) is 10.9 Å². The number of H-pyrrole nitrogens is 2. The van der Waals surface area contributed by atoms with Gasteiger partial charge in [0.1, 0.15) is 0 Å². The molecule has 6 heteroatoms. The smallest absolute Gasteiger partial charge is 0.251 e. The number of carbonyl (C=O) groups excluding carboxylic acids is 1. The number of aromatic amines is 2. The number of piperidine rings is 1. The molecule has 168 valence electrons. The second kappa shape index (κ2) is 9.51. The Kier molecular flexibility index (Phi) is 6.14. The Labute approximate surface area is 193 Å². The van der Waals surface area contributed by atoms with Gasteiger partial charge in [0, 0.05) is 58.9 Å². The Balaban J connectivity index is 1.05. The fraction of sp³-hybridized carbons (Fsp3) is 0.333. The number of nitriles is 1. The summed E-state index contributed by atoms with van der Waals surface area (Å²) in [4.78, 5) is 21.6. The molecule has 1 fully saturated rings. The lowest BCUT2D eigenvalue weighted by atomic mass is 10.0. The molecule has 0 unspecified atom stereocenters. The van der Waals surface area contributed by atoms with Gasteiger partial charge in [0.2, 0.25) is 0 Å². The third kappa shape index (κ3) is 4.79. The number of nitrogens with zero attached hydrogens (tertiary/aromatic N) is 2. The molecule has 3 heterocycles. The summed E-state index contributed by atoms with van der Waals surface area (Å²) in [5.74, 6) is 0.0230. The first-order valence-electron chi connectivity index (χ1n) is 11.8. The van der Waals surface area contributed by atoms with E-state index in [1.54, 1.807) is 0 Å². The van der Waals surface area contributed by atoms with E-state index < -0.39 is 0 Å². The zero-order valence-electron chi connectivity index (χ0n) is 18.7. The number of unbranched alkanes of at least 4 members (excludes halogenated alkanes) is 1. The van der Waals surface area contributed by atoms with Gasteiger partial charge in [-0.05, 0) is 86.7 Å². The number of fused-ring (bicyclic) bond motifs is 2. The summed E-state index contributed by atoms with van der Waals surface area (Å²) in [6.45, 7) is 3.15. The molecule has 2 aromatic carbocycles. The third-order valence-corrected chi connectivity index (χ3v) is 6.81. The molecule has 3 N–H and O–H groups in total. The first-order chi connectivity index (χ1) is 16.2. The van der Waals surface area contributed by atoms with Crippen molar-refractivity contribution in [3.63, 3.8) is 0 Å². The topological polar surface area (TPSA) is 87.7 Å². The number of hydrogen-bond donors (Lipinski definition) is 3. The average Bonchev–Trinajstić information content (AvgIpc) is 3.48. The van der Waals surface area contributed by atoms with Gasteiger partial charge in [-0.3, -0.25) is 4.79 Å². The summed E-state index contributed by atoms with van der Waals surface area (Å²) < 4.78 is 0. The number of amides is 1. The third-order valence-electron chi connectivity index (χ3n) is 6.81. The highest BCUT2D eigenvalue weighted by molar-refractivity contribution is 5.98. The fourth-order valence-corrected chi connectivity index (χ4v) is 4.87. The van der Waals surface area contributed by atoms with Gasteiger partial charge in [0.15, 0.2) is 0 Å². The molecule has 0 saturated carbocycles.